The highest BCUT2D eigenvalue weighted by Crippen LogP contribution is 2.20. The van der Waals surface area contributed by atoms with Crippen molar-refractivity contribution in [1.82, 2.24) is 20.0 Å². The summed E-state index contributed by atoms with van der Waals surface area (Å²) in [5, 5.41) is 12.0. The van der Waals surface area contributed by atoms with Gasteiger partial charge in [0.25, 0.3) is 0 Å². The monoisotopic (exact) mass is 250 g/mol. The summed E-state index contributed by atoms with van der Waals surface area (Å²) in [6, 6.07) is 1.63. The van der Waals surface area contributed by atoms with Crippen molar-refractivity contribution in [2.24, 2.45) is 7.05 Å². The third-order valence-electron chi connectivity index (χ3n) is 2.51. The van der Waals surface area contributed by atoms with Crippen LogP contribution in [0.4, 0.5) is 0 Å². The summed E-state index contributed by atoms with van der Waals surface area (Å²) in [4.78, 5) is 12.0. The molecule has 0 aliphatic heterocycles. The lowest BCUT2D eigenvalue weighted by Crippen LogP contribution is -2.05. The van der Waals surface area contributed by atoms with Gasteiger partial charge in [-0.3, -0.25) is 9.48 Å². The predicted octanol–water partition coefficient (Wildman–Crippen LogP) is 1.60. The average Bonchev–Trinajstić information content (AvgIpc) is 2.57. The van der Waals surface area contributed by atoms with E-state index in [4.69, 9.17) is 11.6 Å². The van der Waals surface area contributed by atoms with Crippen LogP contribution in [0.2, 0.25) is 5.15 Å². The summed E-state index contributed by atoms with van der Waals surface area (Å²) < 4.78 is 1.56. The molecule has 0 N–H and O–H groups in total. The third-order valence-corrected chi connectivity index (χ3v) is 2.99. The van der Waals surface area contributed by atoms with Crippen molar-refractivity contribution in [2.45, 2.75) is 13.3 Å². The molecule has 0 fully saturated rings. The number of carbonyl (C=O) groups is 1. The molecule has 0 unspecified atom stereocenters. The lowest BCUT2D eigenvalue weighted by molar-refractivity contribution is 0.0992. The molecule has 0 bridgehead atoms. The second-order valence-corrected chi connectivity index (χ2v) is 4.07. The van der Waals surface area contributed by atoms with E-state index < -0.39 is 0 Å². The number of halogens is 1. The molecule has 0 aliphatic rings. The Morgan fingerprint density at radius 1 is 1.47 bits per heavy atom. The zero-order valence-corrected chi connectivity index (χ0v) is 10.3. The van der Waals surface area contributed by atoms with Crippen molar-refractivity contribution in [3.05, 3.63) is 40.4 Å². The van der Waals surface area contributed by atoms with Gasteiger partial charge in [-0.2, -0.15) is 15.3 Å². The molecule has 0 saturated heterocycles. The molecule has 0 radical (unpaired) electrons. The molecule has 2 rings (SSSR count). The Morgan fingerprint density at radius 2 is 2.24 bits per heavy atom. The second kappa shape index (κ2) is 4.63. The first-order valence-corrected chi connectivity index (χ1v) is 5.45. The molecular formula is C11H11ClN4O. The van der Waals surface area contributed by atoms with Gasteiger partial charge >= 0.3 is 0 Å². The Morgan fingerprint density at radius 3 is 2.76 bits per heavy atom. The maximum atomic E-state index is 12.0. The molecule has 2 heterocycles. The number of aryl methyl sites for hydroxylation is 2. The van der Waals surface area contributed by atoms with Crippen LogP contribution in [0.1, 0.15) is 21.6 Å². The number of rotatable bonds is 3. The molecule has 0 atom stereocenters. The van der Waals surface area contributed by atoms with Crippen molar-refractivity contribution >= 4 is 17.4 Å². The molecule has 0 spiro atoms. The number of ketones is 1. The summed E-state index contributed by atoms with van der Waals surface area (Å²) >= 11 is 6.07. The highest BCUT2D eigenvalue weighted by atomic mass is 35.5. The van der Waals surface area contributed by atoms with Crippen LogP contribution < -0.4 is 0 Å². The molecule has 6 heteroatoms. The van der Waals surface area contributed by atoms with Gasteiger partial charge in [0.2, 0.25) is 0 Å². The van der Waals surface area contributed by atoms with Crippen LogP contribution >= 0.6 is 11.6 Å². The Bertz CT molecular complexity index is 550. The number of nitrogens with zero attached hydrogens (tertiary/aromatic N) is 4. The van der Waals surface area contributed by atoms with E-state index >= 15 is 0 Å². The summed E-state index contributed by atoms with van der Waals surface area (Å²) in [7, 11) is 1.75. The van der Waals surface area contributed by atoms with Gasteiger partial charge < -0.3 is 0 Å². The van der Waals surface area contributed by atoms with E-state index in [0.717, 1.165) is 11.3 Å². The predicted molar refractivity (Wildman–Crippen MR) is 63.0 cm³/mol. The van der Waals surface area contributed by atoms with Gasteiger partial charge in [0.1, 0.15) is 5.15 Å². The smallest absolute Gasteiger partial charge is 0.169 e. The van der Waals surface area contributed by atoms with Crippen molar-refractivity contribution in [3.8, 4) is 0 Å². The fourth-order valence-corrected chi connectivity index (χ4v) is 1.83. The average molecular weight is 251 g/mol. The SMILES string of the molecule is Cc1nn(C)c(Cl)c1CC(=O)c1ccnnc1. The van der Waals surface area contributed by atoms with Crippen LogP contribution in [-0.4, -0.2) is 25.8 Å². The number of carbonyl (C=O) groups excluding carboxylic acids is 1. The van der Waals surface area contributed by atoms with Gasteiger partial charge in [0.15, 0.2) is 5.78 Å². The maximum absolute atomic E-state index is 12.0. The second-order valence-electron chi connectivity index (χ2n) is 3.71. The first-order valence-electron chi connectivity index (χ1n) is 5.07. The molecule has 0 amide bonds. The zero-order chi connectivity index (χ0) is 12.4. The summed E-state index contributed by atoms with van der Waals surface area (Å²) in [6.45, 7) is 1.83. The number of hydrogen-bond acceptors (Lipinski definition) is 4. The van der Waals surface area contributed by atoms with Crippen LogP contribution in [0.5, 0.6) is 0 Å². The Labute approximate surface area is 103 Å². The lowest BCUT2D eigenvalue weighted by atomic mass is 10.1. The van der Waals surface area contributed by atoms with Crippen molar-refractivity contribution in [1.29, 1.82) is 0 Å². The minimum absolute atomic E-state index is 0.0436. The Kier molecular flexibility index (Phi) is 3.19. The highest BCUT2D eigenvalue weighted by molar-refractivity contribution is 6.30. The van der Waals surface area contributed by atoms with Gasteiger partial charge in [-0.25, -0.2) is 0 Å². The van der Waals surface area contributed by atoms with E-state index in [9.17, 15) is 4.79 Å². The molecular weight excluding hydrogens is 240 g/mol. The van der Waals surface area contributed by atoms with Gasteiger partial charge in [0, 0.05) is 24.6 Å². The fourth-order valence-electron chi connectivity index (χ4n) is 1.59. The first-order chi connectivity index (χ1) is 8.09. The molecule has 2 aromatic heterocycles. The molecule has 88 valence electrons. The third kappa shape index (κ3) is 2.34. The van der Waals surface area contributed by atoms with Crippen LogP contribution in [0.3, 0.4) is 0 Å². The topological polar surface area (TPSA) is 60.7 Å². The minimum atomic E-state index is -0.0436. The van der Waals surface area contributed by atoms with Gasteiger partial charge in [-0.1, -0.05) is 11.6 Å². The Hall–Kier alpha value is -1.75. The van der Waals surface area contributed by atoms with Crippen molar-refractivity contribution in [2.75, 3.05) is 0 Å². The van der Waals surface area contributed by atoms with Gasteiger partial charge in [-0.15, -0.1) is 0 Å². The van der Waals surface area contributed by atoms with Gasteiger partial charge in [0.05, 0.1) is 18.1 Å². The quantitative estimate of drug-likeness (QED) is 0.777. The minimum Gasteiger partial charge on any atom is -0.294 e. The highest BCUT2D eigenvalue weighted by Gasteiger charge is 2.16. The van der Waals surface area contributed by atoms with Crippen LogP contribution in [0, 0.1) is 6.92 Å². The normalized spacial score (nSPS) is 10.5. The summed E-state index contributed by atoms with van der Waals surface area (Å²) in [5.74, 6) is -0.0436. The molecule has 2 aromatic rings. The molecule has 0 saturated carbocycles. The van der Waals surface area contributed by atoms with E-state index in [2.05, 4.69) is 15.3 Å². The summed E-state index contributed by atoms with van der Waals surface area (Å²) in [6.07, 6.45) is 3.16. The van der Waals surface area contributed by atoms with Crippen LogP contribution in [0.25, 0.3) is 0 Å². The van der Waals surface area contributed by atoms with Crippen LogP contribution in [-0.2, 0) is 13.5 Å². The van der Waals surface area contributed by atoms with Gasteiger partial charge in [-0.05, 0) is 13.0 Å². The molecule has 5 nitrogen and oxygen atoms in total. The van der Waals surface area contributed by atoms with Crippen LogP contribution in [0.15, 0.2) is 18.5 Å². The number of hydrogen-bond donors (Lipinski definition) is 0. The number of aromatic nitrogens is 4. The molecule has 0 aromatic carbocycles. The van der Waals surface area contributed by atoms with Crippen molar-refractivity contribution in [3.63, 3.8) is 0 Å². The summed E-state index contributed by atoms with van der Waals surface area (Å²) in [5.41, 5.74) is 2.06. The van der Waals surface area contributed by atoms with E-state index in [0.29, 0.717) is 10.7 Å². The fraction of sp³-hybridized carbons (Fsp3) is 0.273. The molecule has 0 aliphatic carbocycles. The first kappa shape index (κ1) is 11.7. The molecule has 17 heavy (non-hydrogen) atoms. The Balaban J connectivity index is 2.25. The van der Waals surface area contributed by atoms with E-state index in [-0.39, 0.29) is 12.2 Å². The standard InChI is InChI=1S/C11H11ClN4O/c1-7-9(11(12)16(2)15-7)5-10(17)8-3-4-13-14-6-8/h3-4,6H,5H2,1-2H3. The lowest BCUT2D eigenvalue weighted by Gasteiger charge is -2.00. The van der Waals surface area contributed by atoms with Crippen molar-refractivity contribution < 1.29 is 4.79 Å². The largest absolute Gasteiger partial charge is 0.294 e. The number of Topliss-reactive ketones (excluding diaryl/α,β-unsaturated/α-hetero) is 1. The maximum Gasteiger partial charge on any atom is 0.169 e. The van der Waals surface area contributed by atoms with E-state index in [1.54, 1.807) is 17.8 Å². The zero-order valence-electron chi connectivity index (χ0n) is 9.51. The van der Waals surface area contributed by atoms with E-state index in [1.165, 1.54) is 12.4 Å². The van der Waals surface area contributed by atoms with E-state index in [1.807, 2.05) is 6.92 Å².